The summed E-state index contributed by atoms with van der Waals surface area (Å²) in [5, 5.41) is 24.6. The number of amides is 2. The van der Waals surface area contributed by atoms with Crippen LogP contribution in [0.5, 0.6) is 0 Å². The van der Waals surface area contributed by atoms with Crippen LogP contribution in [0.1, 0.15) is 25.3 Å². The van der Waals surface area contributed by atoms with Crippen LogP contribution in [0.2, 0.25) is 0 Å². The number of aliphatic carboxylic acids is 2. The molecule has 0 bridgehead atoms. The quantitative estimate of drug-likeness (QED) is 0.258. The van der Waals surface area contributed by atoms with E-state index in [0.29, 0.717) is 0 Å². The molecule has 2 saturated heterocycles. The maximum atomic E-state index is 12.5. The predicted octanol–water partition coefficient (Wildman–Crippen LogP) is -14.2. The van der Waals surface area contributed by atoms with Crippen LogP contribution in [0.15, 0.2) is 30.3 Å². The summed E-state index contributed by atoms with van der Waals surface area (Å²) in [6.07, 6.45) is 0. The van der Waals surface area contributed by atoms with E-state index in [1.807, 2.05) is 0 Å². The Bertz CT molecular complexity index is 798. The summed E-state index contributed by atoms with van der Waals surface area (Å²) < 4.78 is -0.786. The average molecular weight is 468 g/mol. The van der Waals surface area contributed by atoms with E-state index in [0.717, 1.165) is 0 Å². The first-order chi connectivity index (χ1) is 12.1. The molecule has 0 radical (unpaired) electrons. The Hall–Kier alpha value is 1.45. The van der Waals surface area contributed by atoms with Crippen molar-refractivity contribution in [3.63, 3.8) is 0 Å². The van der Waals surface area contributed by atoms with Crippen molar-refractivity contribution in [2.24, 2.45) is 0 Å². The summed E-state index contributed by atoms with van der Waals surface area (Å²) in [5.41, 5.74) is 0.237. The molecule has 0 aromatic heterocycles. The smallest absolute Gasteiger partial charge is 0.549 e. The van der Waals surface area contributed by atoms with Crippen molar-refractivity contribution in [2.45, 2.75) is 42.0 Å². The first-order valence-corrected chi connectivity index (χ1v) is 8.80. The Balaban J connectivity index is 0. The fourth-order valence-corrected chi connectivity index (χ4v) is 5.02. The number of carboxylic acid groups (broad SMARTS) is 2. The van der Waals surface area contributed by atoms with Gasteiger partial charge in [-0.3, -0.25) is 9.59 Å². The van der Waals surface area contributed by atoms with Gasteiger partial charge in [0.1, 0.15) is 17.3 Å². The van der Waals surface area contributed by atoms with Crippen LogP contribution in [0.25, 0.3) is 0 Å². The molecular formula is C17H16N2Na4O6S+2. The molecular weight excluding hydrogens is 452 g/mol. The second-order valence-electron chi connectivity index (χ2n) is 6.73. The van der Waals surface area contributed by atoms with Gasteiger partial charge >= 0.3 is 118 Å². The molecule has 2 aliphatic heterocycles. The Kier molecular flexibility index (Phi) is 15.0. The maximum Gasteiger partial charge on any atom is 1.00 e. The molecule has 8 nitrogen and oxygen atoms in total. The van der Waals surface area contributed by atoms with E-state index >= 15 is 0 Å². The van der Waals surface area contributed by atoms with Crippen LogP contribution < -0.4 is 134 Å². The number of thioether (sulfide) groups is 1. The maximum absolute atomic E-state index is 12.5. The van der Waals surface area contributed by atoms with Crippen molar-refractivity contribution in [1.82, 2.24) is 10.2 Å². The van der Waals surface area contributed by atoms with Gasteiger partial charge in [-0.05, 0) is 19.4 Å². The third-order valence-corrected chi connectivity index (χ3v) is 6.16. The second-order valence-corrected chi connectivity index (χ2v) is 8.50. The van der Waals surface area contributed by atoms with Gasteiger partial charge in [-0.15, -0.1) is 11.8 Å². The van der Waals surface area contributed by atoms with Gasteiger partial charge in [0.25, 0.3) is 0 Å². The van der Waals surface area contributed by atoms with Gasteiger partial charge in [-0.1, -0.05) is 30.3 Å². The minimum atomic E-state index is -1.58. The first-order valence-electron chi connectivity index (χ1n) is 7.92. The normalized spacial score (nSPS) is 23.6. The molecule has 4 atom stereocenters. The molecule has 1 N–H and O–H groups in total. The molecule has 0 spiro atoms. The molecule has 30 heavy (non-hydrogen) atoms. The fraction of sp³-hybridized carbons (Fsp3) is 0.412. The number of benzene rings is 1. The molecule has 2 amide bonds. The minimum Gasteiger partial charge on any atom is -0.549 e. The van der Waals surface area contributed by atoms with E-state index in [1.165, 1.54) is 28.8 Å². The minimum absolute atomic E-state index is 0. The summed E-state index contributed by atoms with van der Waals surface area (Å²) in [7, 11) is 0. The molecule has 2 aliphatic rings. The summed E-state index contributed by atoms with van der Waals surface area (Å²) in [5.74, 6) is -5.94. The number of carbonyl (C=O) groups excluding carboxylic acids is 4. The van der Waals surface area contributed by atoms with Crippen molar-refractivity contribution in [3.05, 3.63) is 35.9 Å². The zero-order chi connectivity index (χ0) is 19.2. The Morgan fingerprint density at radius 3 is 2.07 bits per heavy atom. The largest absolute Gasteiger partial charge is 1.00 e. The molecule has 2 fully saturated rings. The summed E-state index contributed by atoms with van der Waals surface area (Å²) in [6.45, 7) is 3.35. The average Bonchev–Trinajstić information content (AvgIpc) is 2.82. The number of β-lactam (4-membered cyclic amide) rings is 1. The predicted molar refractivity (Wildman–Crippen MR) is 87.2 cm³/mol. The fourth-order valence-electron chi connectivity index (χ4n) is 3.40. The van der Waals surface area contributed by atoms with Gasteiger partial charge < -0.3 is 30.0 Å². The van der Waals surface area contributed by atoms with E-state index in [2.05, 4.69) is 5.32 Å². The van der Waals surface area contributed by atoms with E-state index < -0.39 is 51.9 Å². The van der Waals surface area contributed by atoms with Gasteiger partial charge in [0.2, 0.25) is 11.8 Å². The van der Waals surface area contributed by atoms with Gasteiger partial charge in [0.15, 0.2) is 0 Å². The molecule has 1 aromatic carbocycles. The van der Waals surface area contributed by atoms with Crippen molar-refractivity contribution in [1.29, 1.82) is 0 Å². The van der Waals surface area contributed by atoms with Crippen molar-refractivity contribution >= 4 is 35.5 Å². The van der Waals surface area contributed by atoms with Crippen LogP contribution in [-0.2, 0) is 19.2 Å². The number of carbonyl (C=O) groups is 4. The molecule has 2 heterocycles. The second kappa shape index (κ2) is 13.4. The topological polar surface area (TPSA) is 130 Å². The summed E-state index contributed by atoms with van der Waals surface area (Å²) in [6, 6.07) is 5.73. The number of hydrogen-bond acceptors (Lipinski definition) is 7. The number of hydrogen-bond donors (Lipinski definition) is 1. The van der Waals surface area contributed by atoms with Crippen LogP contribution in [0, 0.1) is 0 Å². The SMILES string of the molecule is CC1(C)S[C@@H]2[C@H](NC(=O)C(C(=O)[O-])c3ccccc3)C(=O)N2[C@H]1C(=O)[O-].[Na+].[Na+].[Na+].[Na+]. The van der Waals surface area contributed by atoms with Crippen LogP contribution in [-0.4, -0.2) is 50.9 Å². The zero-order valence-corrected chi connectivity index (χ0v) is 26.8. The summed E-state index contributed by atoms with van der Waals surface area (Å²) in [4.78, 5) is 48.8. The molecule has 138 valence electrons. The monoisotopic (exact) mass is 468 g/mol. The molecule has 1 aromatic rings. The number of fused-ring (bicyclic) bond motifs is 1. The third-order valence-electron chi connectivity index (χ3n) is 4.59. The Morgan fingerprint density at radius 1 is 1.07 bits per heavy atom. The molecule has 1 unspecified atom stereocenters. The first kappa shape index (κ1) is 33.6. The molecule has 3 rings (SSSR count). The van der Waals surface area contributed by atoms with Crippen LogP contribution in [0.4, 0.5) is 0 Å². The van der Waals surface area contributed by atoms with E-state index in [9.17, 15) is 29.4 Å². The standard InChI is InChI=1S/C17H18N2O6S.4Na/c1-17(2)11(16(24)25)19-13(21)10(14(19)26-17)18-12(20)9(15(22)23)8-6-4-3-5-7-8;;;;/h3-7,9-11,14H,1-2H3,(H,18,20)(H,22,23)(H,24,25);;;;/q;4*+1/p-2/t9?,10-,11+,14-;;;;/m1..../s1. The van der Waals surface area contributed by atoms with E-state index in [1.54, 1.807) is 32.0 Å². The number of nitrogens with zero attached hydrogens (tertiary/aromatic N) is 1. The van der Waals surface area contributed by atoms with Crippen molar-refractivity contribution < 1.29 is 148 Å². The van der Waals surface area contributed by atoms with Gasteiger partial charge in [0.05, 0.1) is 18.0 Å². The van der Waals surface area contributed by atoms with Crippen LogP contribution >= 0.6 is 11.8 Å². The zero-order valence-electron chi connectivity index (χ0n) is 18.0. The van der Waals surface area contributed by atoms with E-state index in [4.69, 9.17) is 0 Å². The number of rotatable bonds is 5. The van der Waals surface area contributed by atoms with Gasteiger partial charge in [-0.2, -0.15) is 0 Å². The molecule has 13 heteroatoms. The summed E-state index contributed by atoms with van der Waals surface area (Å²) >= 11 is 1.23. The van der Waals surface area contributed by atoms with Gasteiger partial charge in [-0.25, -0.2) is 0 Å². The van der Waals surface area contributed by atoms with Crippen LogP contribution in [0.3, 0.4) is 0 Å². The van der Waals surface area contributed by atoms with Crippen molar-refractivity contribution in [3.8, 4) is 0 Å². The molecule has 0 saturated carbocycles. The van der Waals surface area contributed by atoms with Gasteiger partial charge in [0, 0.05) is 4.75 Å². The van der Waals surface area contributed by atoms with Crippen molar-refractivity contribution in [2.75, 3.05) is 0 Å². The Labute approximate surface area is 267 Å². The Morgan fingerprint density at radius 2 is 1.60 bits per heavy atom. The number of carboxylic acids is 2. The molecule has 0 aliphatic carbocycles. The third kappa shape index (κ3) is 6.52. The number of nitrogens with one attached hydrogen (secondary N) is 1. The van der Waals surface area contributed by atoms with E-state index in [-0.39, 0.29) is 124 Å².